The van der Waals surface area contributed by atoms with Crippen LogP contribution in [0.15, 0.2) is 6.20 Å². The third-order valence-electron chi connectivity index (χ3n) is 3.65. The van der Waals surface area contributed by atoms with Crippen molar-refractivity contribution >= 4 is 0 Å². The second-order valence-electron chi connectivity index (χ2n) is 5.40. The molecule has 0 fully saturated rings. The Balaban J connectivity index is 3.04. The molecule has 1 heterocycles. The summed E-state index contributed by atoms with van der Waals surface area (Å²) in [4.78, 5) is 4.50. The van der Waals surface area contributed by atoms with Crippen LogP contribution in [-0.4, -0.2) is 23.3 Å². The lowest BCUT2D eigenvalue weighted by Gasteiger charge is -2.24. The summed E-state index contributed by atoms with van der Waals surface area (Å²) in [6.45, 7) is 10.2. The molecule has 0 saturated heterocycles. The number of rotatable bonds is 5. The topological polar surface area (TPSA) is 42.4 Å². The number of aromatic nitrogens is 1. The van der Waals surface area contributed by atoms with Gasteiger partial charge in [-0.1, -0.05) is 13.8 Å². The quantitative estimate of drug-likeness (QED) is 0.875. The van der Waals surface area contributed by atoms with Crippen LogP contribution in [0.3, 0.4) is 0 Å². The molecule has 1 aromatic heterocycles. The monoisotopic (exact) mass is 251 g/mol. The Morgan fingerprint density at radius 2 is 1.89 bits per heavy atom. The van der Waals surface area contributed by atoms with Gasteiger partial charge in [0.15, 0.2) is 0 Å². The molecule has 0 aliphatic carbocycles. The van der Waals surface area contributed by atoms with Gasteiger partial charge in [-0.2, -0.15) is 0 Å². The number of pyridine rings is 1. The maximum atomic E-state index is 9.86. The highest BCUT2D eigenvalue weighted by atomic mass is 16.5. The Hall–Kier alpha value is -1.09. The highest BCUT2D eigenvalue weighted by Crippen LogP contribution is 2.28. The molecule has 0 aromatic carbocycles. The molecule has 3 heteroatoms. The molecule has 1 rings (SSSR count). The SMILES string of the molecule is COc1c(C)cnc(CC(C(C)C)C(C)O)c1C. The highest BCUT2D eigenvalue weighted by molar-refractivity contribution is 5.41. The summed E-state index contributed by atoms with van der Waals surface area (Å²) in [5.74, 6) is 1.57. The van der Waals surface area contributed by atoms with Crippen molar-refractivity contribution in [2.75, 3.05) is 7.11 Å². The van der Waals surface area contributed by atoms with Gasteiger partial charge in [0, 0.05) is 23.0 Å². The van der Waals surface area contributed by atoms with Crippen molar-refractivity contribution in [3.63, 3.8) is 0 Å². The summed E-state index contributed by atoms with van der Waals surface area (Å²) in [7, 11) is 1.69. The standard InChI is InChI=1S/C15H25NO2/c1-9(2)13(12(5)17)7-14-11(4)15(18-6)10(3)8-16-14/h8-9,12-13,17H,7H2,1-6H3. The maximum absolute atomic E-state index is 9.86. The molecule has 0 aliphatic rings. The predicted octanol–water partition coefficient (Wildman–Crippen LogP) is 2.90. The minimum atomic E-state index is -0.321. The van der Waals surface area contributed by atoms with E-state index in [0.29, 0.717) is 5.92 Å². The summed E-state index contributed by atoms with van der Waals surface area (Å²) in [6, 6.07) is 0. The van der Waals surface area contributed by atoms with Crippen LogP contribution in [0.4, 0.5) is 0 Å². The first kappa shape index (κ1) is 15.0. The smallest absolute Gasteiger partial charge is 0.128 e. The van der Waals surface area contributed by atoms with Crippen LogP contribution >= 0.6 is 0 Å². The Kier molecular flexibility index (Phi) is 5.15. The van der Waals surface area contributed by atoms with Crippen molar-refractivity contribution in [1.29, 1.82) is 0 Å². The van der Waals surface area contributed by atoms with Crippen LogP contribution in [0.25, 0.3) is 0 Å². The maximum Gasteiger partial charge on any atom is 0.128 e. The number of hydrogen-bond donors (Lipinski definition) is 1. The number of aliphatic hydroxyl groups is 1. The van der Waals surface area contributed by atoms with Crippen molar-refractivity contribution in [3.05, 3.63) is 23.0 Å². The van der Waals surface area contributed by atoms with E-state index in [1.54, 1.807) is 7.11 Å². The third kappa shape index (κ3) is 3.22. The molecule has 0 bridgehead atoms. The van der Waals surface area contributed by atoms with E-state index in [0.717, 1.165) is 29.0 Å². The fraction of sp³-hybridized carbons (Fsp3) is 0.667. The molecule has 3 nitrogen and oxygen atoms in total. The zero-order valence-electron chi connectivity index (χ0n) is 12.3. The number of hydrogen-bond acceptors (Lipinski definition) is 3. The van der Waals surface area contributed by atoms with Crippen molar-refractivity contribution < 1.29 is 9.84 Å². The first-order chi connectivity index (χ1) is 8.38. The molecular formula is C15H25NO2. The Morgan fingerprint density at radius 1 is 1.28 bits per heavy atom. The van der Waals surface area contributed by atoms with Crippen LogP contribution in [0.5, 0.6) is 5.75 Å². The average molecular weight is 251 g/mol. The van der Waals surface area contributed by atoms with Gasteiger partial charge in [-0.15, -0.1) is 0 Å². The van der Waals surface area contributed by atoms with Crippen LogP contribution in [0, 0.1) is 25.7 Å². The van der Waals surface area contributed by atoms with Crippen molar-refractivity contribution in [1.82, 2.24) is 4.98 Å². The Morgan fingerprint density at radius 3 is 2.33 bits per heavy atom. The minimum Gasteiger partial charge on any atom is -0.496 e. The van der Waals surface area contributed by atoms with Gasteiger partial charge >= 0.3 is 0 Å². The molecule has 1 aromatic rings. The Bertz CT molecular complexity index is 392. The largest absolute Gasteiger partial charge is 0.496 e. The average Bonchev–Trinajstić information content (AvgIpc) is 2.27. The number of nitrogens with zero attached hydrogens (tertiary/aromatic N) is 1. The number of aryl methyl sites for hydroxylation is 1. The van der Waals surface area contributed by atoms with Crippen molar-refractivity contribution in [3.8, 4) is 5.75 Å². The van der Waals surface area contributed by atoms with Crippen LogP contribution in [0.1, 0.15) is 37.6 Å². The number of methoxy groups -OCH3 is 1. The predicted molar refractivity (Wildman–Crippen MR) is 74.0 cm³/mol. The zero-order chi connectivity index (χ0) is 13.9. The summed E-state index contributed by atoms with van der Waals surface area (Å²) in [5, 5.41) is 9.86. The van der Waals surface area contributed by atoms with Gasteiger partial charge in [-0.05, 0) is 39.0 Å². The first-order valence-electron chi connectivity index (χ1n) is 6.55. The summed E-state index contributed by atoms with van der Waals surface area (Å²) < 4.78 is 5.42. The van der Waals surface area contributed by atoms with E-state index in [9.17, 15) is 5.11 Å². The summed E-state index contributed by atoms with van der Waals surface area (Å²) >= 11 is 0. The van der Waals surface area contributed by atoms with E-state index in [1.807, 2.05) is 27.0 Å². The highest BCUT2D eigenvalue weighted by Gasteiger charge is 2.22. The molecular weight excluding hydrogens is 226 g/mol. The lowest BCUT2D eigenvalue weighted by Crippen LogP contribution is -2.25. The lowest BCUT2D eigenvalue weighted by atomic mass is 9.86. The lowest BCUT2D eigenvalue weighted by molar-refractivity contribution is 0.0969. The van der Waals surface area contributed by atoms with E-state index >= 15 is 0 Å². The summed E-state index contributed by atoms with van der Waals surface area (Å²) in [5.41, 5.74) is 3.16. The Labute approximate surface area is 110 Å². The second-order valence-corrected chi connectivity index (χ2v) is 5.40. The van der Waals surface area contributed by atoms with Crippen LogP contribution < -0.4 is 4.74 Å². The molecule has 0 saturated carbocycles. The van der Waals surface area contributed by atoms with Gasteiger partial charge in [0.1, 0.15) is 5.75 Å². The van der Waals surface area contributed by atoms with Gasteiger partial charge in [0.2, 0.25) is 0 Å². The molecule has 2 unspecified atom stereocenters. The van der Waals surface area contributed by atoms with E-state index < -0.39 is 0 Å². The number of aliphatic hydroxyl groups excluding tert-OH is 1. The molecule has 0 aliphatic heterocycles. The van der Waals surface area contributed by atoms with Crippen molar-refractivity contribution in [2.45, 2.75) is 47.1 Å². The van der Waals surface area contributed by atoms with E-state index in [1.165, 1.54) is 0 Å². The zero-order valence-corrected chi connectivity index (χ0v) is 12.3. The fourth-order valence-electron chi connectivity index (χ4n) is 2.46. The second kappa shape index (κ2) is 6.19. The molecule has 2 atom stereocenters. The van der Waals surface area contributed by atoms with Gasteiger partial charge in [0.25, 0.3) is 0 Å². The molecule has 0 radical (unpaired) electrons. The van der Waals surface area contributed by atoms with Crippen molar-refractivity contribution in [2.24, 2.45) is 11.8 Å². The van der Waals surface area contributed by atoms with Gasteiger partial charge in [0.05, 0.1) is 13.2 Å². The van der Waals surface area contributed by atoms with Crippen LogP contribution in [0.2, 0.25) is 0 Å². The van der Waals surface area contributed by atoms with Gasteiger partial charge in [-0.25, -0.2) is 0 Å². The molecule has 18 heavy (non-hydrogen) atoms. The van der Waals surface area contributed by atoms with Crippen LogP contribution in [-0.2, 0) is 6.42 Å². The molecule has 1 N–H and O–H groups in total. The normalized spacial score (nSPS) is 14.7. The number of ether oxygens (including phenoxy) is 1. The van der Waals surface area contributed by atoms with Gasteiger partial charge in [-0.3, -0.25) is 4.98 Å². The molecule has 0 amide bonds. The summed E-state index contributed by atoms with van der Waals surface area (Å²) in [6.07, 6.45) is 2.32. The van der Waals surface area contributed by atoms with E-state index in [2.05, 4.69) is 18.8 Å². The van der Waals surface area contributed by atoms with Gasteiger partial charge < -0.3 is 9.84 Å². The van der Waals surface area contributed by atoms with E-state index in [-0.39, 0.29) is 12.0 Å². The first-order valence-corrected chi connectivity index (χ1v) is 6.55. The third-order valence-corrected chi connectivity index (χ3v) is 3.65. The van der Waals surface area contributed by atoms with E-state index in [4.69, 9.17) is 4.74 Å². The fourth-order valence-corrected chi connectivity index (χ4v) is 2.46. The minimum absolute atomic E-state index is 0.226. The molecule has 102 valence electrons. The molecule has 0 spiro atoms.